The Balaban J connectivity index is 0.000000184. The molecule has 0 saturated carbocycles. The third-order valence-corrected chi connectivity index (χ3v) is 10.3. The molecule has 8 heterocycles. The summed E-state index contributed by atoms with van der Waals surface area (Å²) in [6.07, 6.45) is 17.5. The van der Waals surface area contributed by atoms with Gasteiger partial charge in [0.05, 0.1) is 30.5 Å². The number of nitrogens with one attached hydrogen (secondary N) is 4. The number of ether oxygens (including phenoxy) is 1. The Hall–Kier alpha value is -6.36. The zero-order valence-electron chi connectivity index (χ0n) is 37.0. The molecule has 0 bridgehead atoms. The minimum absolute atomic E-state index is 0.228. The molecule has 6 N–H and O–H groups in total. The summed E-state index contributed by atoms with van der Waals surface area (Å²) < 4.78 is 10.0. The number of nitrogens with two attached hydrogens (primary N) is 1. The average Bonchev–Trinajstić information content (AvgIpc) is 3.92. The lowest BCUT2D eigenvalue weighted by Crippen LogP contribution is -2.50. The van der Waals surface area contributed by atoms with E-state index in [4.69, 9.17) is 10.5 Å². The van der Waals surface area contributed by atoms with Crippen LogP contribution in [-0.2, 0) is 18.8 Å². The summed E-state index contributed by atoms with van der Waals surface area (Å²) in [6, 6.07) is 5.60. The number of anilines is 5. The van der Waals surface area contributed by atoms with Gasteiger partial charge < -0.3 is 36.6 Å². The number of piperazine rings is 2. The Morgan fingerprint density at radius 1 is 0.766 bits per heavy atom. The molecular formula is C42H58BrN19O2. The van der Waals surface area contributed by atoms with Gasteiger partial charge in [0.15, 0.2) is 0 Å². The summed E-state index contributed by atoms with van der Waals surface area (Å²) in [6.45, 7) is 16.1. The number of carbonyl (C=O) groups is 1. The Morgan fingerprint density at radius 3 is 1.89 bits per heavy atom. The molecule has 340 valence electrons. The van der Waals surface area contributed by atoms with Gasteiger partial charge in [-0.05, 0) is 39.0 Å². The number of halogens is 1. The highest BCUT2D eigenvalue weighted by molar-refractivity contribution is 9.10. The molecule has 6 aromatic heterocycles. The smallest absolute Gasteiger partial charge is 0.410 e. The molecule has 8 rings (SSSR count). The average molecular weight is 941 g/mol. The van der Waals surface area contributed by atoms with E-state index in [1.807, 2.05) is 77.9 Å². The fourth-order valence-corrected chi connectivity index (χ4v) is 6.79. The molecule has 2 fully saturated rings. The maximum absolute atomic E-state index is 12.2. The standard InChI is InChI=1S/C19H30N8O2.C18H24N10.C5H4BrN/c1-19(2,3)29-18(28)27-9-7-26(8-10-27)6-5-21-16-15(12-22-17(20)24-16)14-11-23-25(4)13-14;1-27-13-14(10-24-27)16-12-21-18(25-15-2-3-22-23-11-15)26-17(16)20-6-9-28-7-4-19-5-8-28;6-5-1-3-7-4-2-5/h11-13H,5-10H2,1-4H3,(H3,20,21,22,24);2-3,10-13,19H,4-9H2,1H3,(H2,20,21,22,25,26);1-4H. The topological polar surface area (TPSA) is 236 Å². The van der Waals surface area contributed by atoms with Crippen LogP contribution in [-0.4, -0.2) is 160 Å². The van der Waals surface area contributed by atoms with Crippen LogP contribution in [0.3, 0.4) is 0 Å². The van der Waals surface area contributed by atoms with Crippen molar-refractivity contribution in [2.24, 2.45) is 14.1 Å². The molecule has 2 saturated heterocycles. The van der Waals surface area contributed by atoms with Gasteiger partial charge in [0.25, 0.3) is 0 Å². The summed E-state index contributed by atoms with van der Waals surface area (Å²) in [7, 11) is 3.76. The molecule has 64 heavy (non-hydrogen) atoms. The summed E-state index contributed by atoms with van der Waals surface area (Å²) in [5, 5.41) is 29.5. The van der Waals surface area contributed by atoms with Crippen LogP contribution in [0.4, 0.5) is 34.0 Å². The number of pyridine rings is 1. The van der Waals surface area contributed by atoms with E-state index >= 15 is 0 Å². The van der Waals surface area contributed by atoms with Crippen molar-refractivity contribution in [2.75, 3.05) is 100 Å². The fraction of sp³-hybridized carbons (Fsp3) is 0.429. The Labute approximate surface area is 381 Å². The molecule has 21 nitrogen and oxygen atoms in total. The lowest BCUT2D eigenvalue weighted by molar-refractivity contribution is 0.0148. The second-order valence-electron chi connectivity index (χ2n) is 15.9. The van der Waals surface area contributed by atoms with Crippen LogP contribution in [0.25, 0.3) is 22.3 Å². The van der Waals surface area contributed by atoms with Crippen molar-refractivity contribution in [3.8, 4) is 22.3 Å². The van der Waals surface area contributed by atoms with Crippen LogP contribution in [0.1, 0.15) is 20.8 Å². The summed E-state index contributed by atoms with van der Waals surface area (Å²) >= 11 is 3.27. The lowest BCUT2D eigenvalue weighted by atomic mass is 10.2. The number of amides is 1. The monoisotopic (exact) mass is 939 g/mol. The molecule has 0 aliphatic carbocycles. The maximum atomic E-state index is 12.2. The normalized spacial score (nSPS) is 14.4. The lowest BCUT2D eigenvalue weighted by Gasteiger charge is -2.35. The number of rotatable bonds is 12. The van der Waals surface area contributed by atoms with Gasteiger partial charge in [0.1, 0.15) is 17.2 Å². The van der Waals surface area contributed by atoms with Crippen molar-refractivity contribution < 1.29 is 9.53 Å². The quantitative estimate of drug-likeness (QED) is 0.117. The highest BCUT2D eigenvalue weighted by Crippen LogP contribution is 2.28. The molecule has 0 radical (unpaired) electrons. The summed E-state index contributed by atoms with van der Waals surface area (Å²) in [4.78, 5) is 40.1. The van der Waals surface area contributed by atoms with Gasteiger partial charge in [0.2, 0.25) is 11.9 Å². The van der Waals surface area contributed by atoms with E-state index in [1.165, 1.54) is 0 Å². The molecule has 2 aliphatic heterocycles. The zero-order chi connectivity index (χ0) is 45.3. The van der Waals surface area contributed by atoms with Crippen molar-refractivity contribution in [3.05, 3.63) is 84.6 Å². The second-order valence-corrected chi connectivity index (χ2v) is 16.8. The predicted octanol–water partition coefficient (Wildman–Crippen LogP) is 4.00. The zero-order valence-corrected chi connectivity index (χ0v) is 38.6. The molecule has 1 amide bonds. The number of hydrogen-bond donors (Lipinski definition) is 5. The van der Waals surface area contributed by atoms with Crippen LogP contribution in [0.15, 0.2) is 84.6 Å². The molecular weight excluding hydrogens is 882 g/mol. The summed E-state index contributed by atoms with van der Waals surface area (Å²) in [5.41, 5.74) is 9.78. The van der Waals surface area contributed by atoms with Gasteiger partial charge in [0, 0.05) is 157 Å². The van der Waals surface area contributed by atoms with Crippen molar-refractivity contribution in [1.29, 1.82) is 0 Å². The van der Waals surface area contributed by atoms with Crippen LogP contribution in [0, 0.1) is 0 Å². The first-order valence-corrected chi connectivity index (χ1v) is 21.9. The second kappa shape index (κ2) is 23.4. The van der Waals surface area contributed by atoms with Crippen molar-refractivity contribution in [2.45, 2.75) is 26.4 Å². The number of aryl methyl sites for hydroxylation is 2. The van der Waals surface area contributed by atoms with Crippen LogP contribution in [0.2, 0.25) is 0 Å². The number of nitrogen functional groups attached to an aromatic ring is 1. The molecule has 2 aliphatic rings. The molecule has 0 atom stereocenters. The highest BCUT2D eigenvalue weighted by Gasteiger charge is 2.26. The highest BCUT2D eigenvalue weighted by atomic mass is 79.9. The van der Waals surface area contributed by atoms with E-state index in [0.717, 1.165) is 97.1 Å². The van der Waals surface area contributed by atoms with E-state index in [0.29, 0.717) is 31.4 Å². The minimum atomic E-state index is -0.469. The van der Waals surface area contributed by atoms with Gasteiger partial charge in [-0.25, -0.2) is 14.8 Å². The van der Waals surface area contributed by atoms with Crippen molar-refractivity contribution >= 4 is 51.2 Å². The van der Waals surface area contributed by atoms with Gasteiger partial charge in [-0.15, -0.1) is 0 Å². The van der Waals surface area contributed by atoms with Crippen LogP contribution < -0.4 is 27.0 Å². The van der Waals surface area contributed by atoms with E-state index < -0.39 is 5.60 Å². The van der Waals surface area contributed by atoms with Gasteiger partial charge >= 0.3 is 6.09 Å². The Morgan fingerprint density at radius 2 is 1.36 bits per heavy atom. The first-order chi connectivity index (χ1) is 30.9. The molecule has 0 aromatic carbocycles. The first-order valence-electron chi connectivity index (χ1n) is 21.1. The molecule has 0 unspecified atom stereocenters. The number of aromatic nitrogens is 11. The van der Waals surface area contributed by atoms with Crippen LogP contribution >= 0.6 is 15.9 Å². The van der Waals surface area contributed by atoms with Crippen molar-refractivity contribution in [3.63, 3.8) is 0 Å². The number of carbonyl (C=O) groups excluding carboxylic acids is 1. The fourth-order valence-electron chi connectivity index (χ4n) is 6.56. The molecule has 22 heteroatoms. The van der Waals surface area contributed by atoms with Crippen molar-refractivity contribution in [1.82, 2.24) is 74.7 Å². The number of hydrogen-bond acceptors (Lipinski definition) is 18. The SMILES string of the molecule is Brc1ccncc1.Cn1cc(-c2cnc(N)nc2NCCN2CCN(C(=O)OC(C)(C)C)CC2)cn1.Cn1cc(-c2cnc(Nc3ccnnc3)nc2NCCN2CCNCC2)cn1. The third kappa shape index (κ3) is 15.2. The molecule has 6 aromatic rings. The maximum Gasteiger partial charge on any atom is 0.410 e. The predicted molar refractivity (Wildman–Crippen MR) is 251 cm³/mol. The van der Waals surface area contributed by atoms with Gasteiger partial charge in [-0.2, -0.15) is 30.4 Å². The minimum Gasteiger partial charge on any atom is -0.444 e. The van der Waals surface area contributed by atoms with Crippen LogP contribution in [0.5, 0.6) is 0 Å². The first kappa shape index (κ1) is 47.1. The van der Waals surface area contributed by atoms with E-state index in [-0.39, 0.29) is 12.0 Å². The summed E-state index contributed by atoms with van der Waals surface area (Å²) in [5.74, 6) is 2.21. The van der Waals surface area contributed by atoms with E-state index in [9.17, 15) is 4.79 Å². The van der Waals surface area contributed by atoms with E-state index in [1.54, 1.807) is 51.4 Å². The largest absolute Gasteiger partial charge is 0.444 e. The Kier molecular flexibility index (Phi) is 17.2. The molecule has 0 spiro atoms. The van der Waals surface area contributed by atoms with Gasteiger partial charge in [-0.1, -0.05) is 15.9 Å². The third-order valence-electron chi connectivity index (χ3n) is 9.78. The Bertz CT molecular complexity index is 2330. The van der Waals surface area contributed by atoms with E-state index in [2.05, 4.69) is 92.3 Å². The van der Waals surface area contributed by atoms with Gasteiger partial charge in [-0.3, -0.25) is 24.1 Å². The number of nitrogens with zero attached hydrogens (tertiary/aromatic N) is 14.